The Morgan fingerprint density at radius 3 is 1.37 bits per heavy atom. The molecule has 0 bridgehead atoms. The summed E-state index contributed by atoms with van der Waals surface area (Å²) in [4.78, 5) is 21.9. The number of aromatic carboxylic acids is 2. The fourth-order valence-corrected chi connectivity index (χ4v) is 7.40. The zero-order valence-electron chi connectivity index (χ0n) is 31.7. The highest BCUT2D eigenvalue weighted by molar-refractivity contribution is 5.89. The zero-order valence-corrected chi connectivity index (χ0v) is 31.7. The van der Waals surface area contributed by atoms with Crippen LogP contribution in [0.4, 0.5) is 0 Å². The first kappa shape index (κ1) is 37.4. The highest BCUT2D eigenvalue weighted by atomic mass is 16.4. The van der Waals surface area contributed by atoms with Gasteiger partial charge in [-0.25, -0.2) is 9.59 Å². The van der Waals surface area contributed by atoms with E-state index in [9.17, 15) is 9.59 Å². The van der Waals surface area contributed by atoms with Gasteiger partial charge in [0.05, 0.1) is 11.1 Å². The third kappa shape index (κ3) is 8.37. The first-order valence-corrected chi connectivity index (χ1v) is 18.0. The molecule has 4 heteroatoms. The second-order valence-corrected chi connectivity index (χ2v) is 16.9. The third-order valence-electron chi connectivity index (χ3n) is 11.2. The van der Waals surface area contributed by atoms with Gasteiger partial charge >= 0.3 is 11.9 Å². The zero-order chi connectivity index (χ0) is 37.4. The minimum absolute atomic E-state index is 0.172. The molecule has 2 N–H and O–H groups in total. The summed E-state index contributed by atoms with van der Waals surface area (Å²) in [5.41, 5.74) is 12.4. The summed E-state index contributed by atoms with van der Waals surface area (Å²) < 4.78 is 0. The van der Waals surface area contributed by atoms with Crippen LogP contribution in [0, 0.1) is 11.8 Å². The Balaban J connectivity index is 0.000000198. The van der Waals surface area contributed by atoms with Crippen LogP contribution in [0.2, 0.25) is 0 Å². The number of hydrogen-bond donors (Lipinski definition) is 2. The Hall–Kier alpha value is -4.88. The predicted molar refractivity (Wildman–Crippen MR) is 210 cm³/mol. The highest BCUT2D eigenvalue weighted by Crippen LogP contribution is 2.47. The Labute approximate surface area is 304 Å². The monoisotopic (exact) mass is 680 g/mol. The van der Waals surface area contributed by atoms with Crippen LogP contribution in [0.25, 0.3) is 11.6 Å². The lowest BCUT2D eigenvalue weighted by atomic mass is 9.63. The minimum atomic E-state index is -0.918. The molecule has 51 heavy (non-hydrogen) atoms. The number of carboxylic acid groups (broad SMARTS) is 2. The largest absolute Gasteiger partial charge is 0.478 e. The van der Waals surface area contributed by atoms with Crippen molar-refractivity contribution in [2.24, 2.45) is 0 Å². The number of benzene rings is 4. The van der Waals surface area contributed by atoms with Gasteiger partial charge in [0.1, 0.15) is 0 Å². The Morgan fingerprint density at radius 2 is 0.882 bits per heavy atom. The lowest BCUT2D eigenvalue weighted by molar-refractivity contribution is 0.0686. The van der Waals surface area contributed by atoms with Crippen LogP contribution in [0.1, 0.15) is 153 Å². The molecule has 0 aliphatic heterocycles. The van der Waals surface area contributed by atoms with Crippen LogP contribution in [0.5, 0.6) is 0 Å². The quantitative estimate of drug-likeness (QED) is 0.166. The summed E-state index contributed by atoms with van der Waals surface area (Å²) in [6.45, 7) is 20.7. The molecule has 2 aliphatic carbocycles. The fraction of sp³-hybridized carbons (Fsp3) is 0.362. The molecule has 0 heterocycles. The first-order valence-electron chi connectivity index (χ1n) is 18.0. The first-order chi connectivity index (χ1) is 23.8. The van der Waals surface area contributed by atoms with Crippen molar-refractivity contribution in [3.8, 4) is 11.8 Å². The van der Waals surface area contributed by atoms with E-state index in [0.717, 1.165) is 16.7 Å². The van der Waals surface area contributed by atoms with E-state index in [2.05, 4.69) is 117 Å². The molecule has 2 aliphatic rings. The second kappa shape index (κ2) is 14.0. The van der Waals surface area contributed by atoms with Crippen molar-refractivity contribution in [3.05, 3.63) is 141 Å². The predicted octanol–water partition coefficient (Wildman–Crippen LogP) is 11.4. The number of carbonyl (C=O) groups is 2. The number of carboxylic acids is 2. The van der Waals surface area contributed by atoms with Gasteiger partial charge in [-0.1, -0.05) is 110 Å². The summed E-state index contributed by atoms with van der Waals surface area (Å²) in [6.07, 6.45) is 6.93. The Bertz CT molecular complexity index is 2040. The summed E-state index contributed by atoms with van der Waals surface area (Å²) in [6, 6.07) is 27.1. The van der Waals surface area contributed by atoms with Gasteiger partial charge in [-0.05, 0) is 142 Å². The van der Waals surface area contributed by atoms with Crippen LogP contribution in [0.3, 0.4) is 0 Å². The second-order valence-electron chi connectivity index (χ2n) is 16.9. The van der Waals surface area contributed by atoms with Crippen molar-refractivity contribution >= 4 is 23.6 Å². The molecule has 0 unspecified atom stereocenters. The van der Waals surface area contributed by atoms with E-state index in [-0.39, 0.29) is 27.2 Å². The molecular weight excluding hydrogens is 629 g/mol. The molecule has 4 aromatic rings. The van der Waals surface area contributed by atoms with E-state index in [1.165, 1.54) is 59.1 Å². The number of rotatable bonds is 4. The maximum Gasteiger partial charge on any atom is 0.335 e. The SMILES string of the molecule is C/C(=C\c1ccc(C(=O)O)cc1)c1ccc2c(c1)C(C)(C)CCC2(C)C.CC1(C)CCC(C)(C)c2cc(C#Cc3ccc(C(=O)O)cc3)ccc21. The maximum absolute atomic E-state index is 11.0. The number of fused-ring (bicyclic) bond motifs is 2. The van der Waals surface area contributed by atoms with E-state index >= 15 is 0 Å². The summed E-state index contributed by atoms with van der Waals surface area (Å²) in [5.74, 6) is 4.56. The van der Waals surface area contributed by atoms with Gasteiger partial charge in [-0.2, -0.15) is 0 Å². The lowest BCUT2D eigenvalue weighted by Gasteiger charge is -2.42. The van der Waals surface area contributed by atoms with E-state index in [4.69, 9.17) is 10.2 Å². The molecular formula is C47H52O4. The summed E-state index contributed by atoms with van der Waals surface area (Å²) in [5, 5.41) is 18.0. The molecule has 264 valence electrons. The van der Waals surface area contributed by atoms with Gasteiger partial charge in [-0.15, -0.1) is 0 Å². The van der Waals surface area contributed by atoms with E-state index in [1.807, 2.05) is 12.1 Å². The molecule has 0 aromatic heterocycles. The molecule has 4 nitrogen and oxygen atoms in total. The highest BCUT2D eigenvalue weighted by Gasteiger charge is 2.38. The molecule has 0 radical (unpaired) electrons. The van der Waals surface area contributed by atoms with Gasteiger partial charge in [0, 0.05) is 11.1 Å². The summed E-state index contributed by atoms with van der Waals surface area (Å²) in [7, 11) is 0. The molecule has 6 rings (SSSR count). The van der Waals surface area contributed by atoms with Crippen LogP contribution in [-0.2, 0) is 21.7 Å². The van der Waals surface area contributed by atoms with E-state index < -0.39 is 11.9 Å². The van der Waals surface area contributed by atoms with Gasteiger partial charge in [0.15, 0.2) is 0 Å². The van der Waals surface area contributed by atoms with Crippen LogP contribution < -0.4 is 0 Å². The molecule has 0 saturated carbocycles. The van der Waals surface area contributed by atoms with Crippen molar-refractivity contribution in [1.82, 2.24) is 0 Å². The van der Waals surface area contributed by atoms with Crippen molar-refractivity contribution < 1.29 is 19.8 Å². The topological polar surface area (TPSA) is 74.6 Å². The van der Waals surface area contributed by atoms with Gasteiger partial charge in [-0.3, -0.25) is 0 Å². The van der Waals surface area contributed by atoms with Crippen LogP contribution >= 0.6 is 0 Å². The maximum atomic E-state index is 11.0. The van der Waals surface area contributed by atoms with Crippen molar-refractivity contribution in [1.29, 1.82) is 0 Å². The Kier molecular flexibility index (Phi) is 10.3. The standard InChI is InChI=1S/C24H28O2.C23H24O2/c1-16(14-17-6-8-18(9-7-17)22(25)26)19-10-11-20-21(15-19)24(4,5)13-12-23(20,2)3;1-22(2)13-14-23(3,4)20-15-17(9-12-19(20)22)6-5-16-7-10-18(11-8-16)21(24)25/h6-11,14-15H,12-13H2,1-5H3,(H,25,26);7-12,15H,13-14H2,1-4H3,(H,24,25)/b16-14+;. The van der Waals surface area contributed by atoms with Crippen LogP contribution in [0.15, 0.2) is 84.9 Å². The smallest absolute Gasteiger partial charge is 0.335 e. The van der Waals surface area contributed by atoms with Crippen molar-refractivity contribution in [2.75, 3.05) is 0 Å². The van der Waals surface area contributed by atoms with Crippen LogP contribution in [-0.4, -0.2) is 22.2 Å². The molecule has 4 aromatic carbocycles. The molecule has 0 spiro atoms. The number of allylic oxidation sites excluding steroid dienone is 1. The fourth-order valence-electron chi connectivity index (χ4n) is 7.40. The average molecular weight is 681 g/mol. The summed E-state index contributed by atoms with van der Waals surface area (Å²) >= 11 is 0. The van der Waals surface area contributed by atoms with Crippen molar-refractivity contribution in [3.63, 3.8) is 0 Å². The van der Waals surface area contributed by atoms with E-state index in [0.29, 0.717) is 5.56 Å². The lowest BCUT2D eigenvalue weighted by Crippen LogP contribution is -2.33. The normalized spacial score (nSPS) is 17.7. The van der Waals surface area contributed by atoms with E-state index in [1.54, 1.807) is 36.4 Å². The molecule has 0 saturated heterocycles. The molecule has 0 amide bonds. The minimum Gasteiger partial charge on any atom is -0.478 e. The van der Waals surface area contributed by atoms with Gasteiger partial charge in [0.2, 0.25) is 0 Å². The van der Waals surface area contributed by atoms with Gasteiger partial charge in [0.25, 0.3) is 0 Å². The molecule has 0 fully saturated rings. The van der Waals surface area contributed by atoms with Crippen molar-refractivity contribution in [2.45, 2.75) is 110 Å². The third-order valence-corrected chi connectivity index (χ3v) is 11.2. The molecule has 0 atom stereocenters. The average Bonchev–Trinajstić information content (AvgIpc) is 3.08. The number of hydrogen-bond acceptors (Lipinski definition) is 2. The van der Waals surface area contributed by atoms with Gasteiger partial charge < -0.3 is 10.2 Å². The Morgan fingerprint density at radius 1 is 0.510 bits per heavy atom.